The zero-order chi connectivity index (χ0) is 28.3. The molecule has 1 aromatic rings. The number of hydrogen-bond donors (Lipinski definition) is 0. The lowest BCUT2D eigenvalue weighted by atomic mass is 9.76. The Bertz CT molecular complexity index is 923. The molecule has 0 radical (unpaired) electrons. The third-order valence-corrected chi connectivity index (χ3v) is 4.88. The first kappa shape index (κ1) is 30.9. The van der Waals surface area contributed by atoms with Gasteiger partial charge in [-0.05, 0) is 67.9 Å². The van der Waals surface area contributed by atoms with E-state index in [4.69, 9.17) is 14.2 Å². The van der Waals surface area contributed by atoms with Gasteiger partial charge in [-0.1, -0.05) is 44.2 Å². The van der Waals surface area contributed by atoms with E-state index in [1.54, 1.807) is 100 Å². The average Bonchev–Trinajstić information content (AvgIpc) is 2.64. The number of nitrogens with zero attached hydrogens (tertiary/aromatic N) is 2. The summed E-state index contributed by atoms with van der Waals surface area (Å²) in [5.41, 5.74) is -3.21. The summed E-state index contributed by atoms with van der Waals surface area (Å²) in [5.74, 6) is -0.985. The van der Waals surface area contributed by atoms with E-state index in [1.807, 2.05) is 6.07 Å². The highest BCUT2D eigenvalue weighted by atomic mass is 16.6. The van der Waals surface area contributed by atoms with E-state index >= 15 is 0 Å². The Morgan fingerprint density at radius 1 is 0.639 bits per heavy atom. The molecule has 1 atom stereocenters. The topological polar surface area (TPSA) is 102 Å². The molecule has 9 nitrogen and oxygen atoms in total. The second-order valence-electron chi connectivity index (χ2n) is 12.2. The molecule has 0 aromatic heterocycles. The molecular weight excluding hydrogens is 464 g/mol. The van der Waals surface area contributed by atoms with Crippen LogP contribution in [0.4, 0.5) is 14.4 Å². The minimum atomic E-state index is -1.34. The summed E-state index contributed by atoms with van der Waals surface area (Å²) in [6, 6.07) is 7.68. The Morgan fingerprint density at radius 2 is 1.00 bits per heavy atom. The van der Waals surface area contributed by atoms with E-state index in [9.17, 15) is 19.2 Å². The predicted octanol–water partition coefficient (Wildman–Crippen LogP) is 5.90. The van der Waals surface area contributed by atoms with Crippen molar-refractivity contribution in [1.29, 1.82) is 0 Å². The number of carbonyl (C=O) groups excluding carboxylic acids is 4. The van der Waals surface area contributed by atoms with Crippen molar-refractivity contribution in [3.05, 3.63) is 35.9 Å². The van der Waals surface area contributed by atoms with Gasteiger partial charge in [0.1, 0.15) is 22.8 Å². The van der Waals surface area contributed by atoms with Crippen molar-refractivity contribution in [3.8, 4) is 0 Å². The van der Waals surface area contributed by atoms with Gasteiger partial charge in [0.25, 0.3) is 5.91 Å². The van der Waals surface area contributed by atoms with E-state index in [2.05, 4.69) is 0 Å². The lowest BCUT2D eigenvalue weighted by molar-refractivity contribution is -0.137. The van der Waals surface area contributed by atoms with Crippen LogP contribution in [-0.2, 0) is 24.4 Å². The van der Waals surface area contributed by atoms with Gasteiger partial charge in [-0.15, -0.1) is 4.90 Å². The molecular formula is C27H42N2O7. The zero-order valence-electron chi connectivity index (χ0n) is 23.7. The van der Waals surface area contributed by atoms with Crippen molar-refractivity contribution in [2.45, 2.75) is 104 Å². The zero-order valence-corrected chi connectivity index (χ0v) is 23.7. The second-order valence-corrected chi connectivity index (χ2v) is 12.2. The highest BCUT2D eigenvalue weighted by molar-refractivity contribution is 6.09. The van der Waals surface area contributed by atoms with Crippen LogP contribution in [0.25, 0.3) is 0 Å². The molecule has 0 N–H and O–H groups in total. The van der Waals surface area contributed by atoms with E-state index in [1.165, 1.54) is 7.05 Å². The maximum Gasteiger partial charge on any atom is 0.426 e. The van der Waals surface area contributed by atoms with Crippen molar-refractivity contribution in [2.24, 2.45) is 0 Å². The van der Waals surface area contributed by atoms with Crippen molar-refractivity contribution in [2.75, 3.05) is 7.05 Å². The molecule has 0 saturated heterocycles. The number of benzene rings is 1. The predicted molar refractivity (Wildman–Crippen MR) is 137 cm³/mol. The first-order valence-electron chi connectivity index (χ1n) is 11.9. The van der Waals surface area contributed by atoms with E-state index < -0.39 is 52.4 Å². The molecule has 0 fully saturated rings. The summed E-state index contributed by atoms with van der Waals surface area (Å²) in [7, 11) is 1.39. The summed E-state index contributed by atoms with van der Waals surface area (Å²) in [4.78, 5) is 55.0. The molecule has 202 valence electrons. The monoisotopic (exact) mass is 506 g/mol. The lowest BCUT2D eigenvalue weighted by Gasteiger charge is -2.41. The van der Waals surface area contributed by atoms with Crippen LogP contribution in [0.3, 0.4) is 0 Å². The van der Waals surface area contributed by atoms with Gasteiger partial charge in [0.05, 0.1) is 0 Å². The molecule has 4 amide bonds. The molecule has 0 aliphatic rings. The molecule has 0 aliphatic heterocycles. The molecule has 0 aliphatic carbocycles. The third-order valence-electron chi connectivity index (χ3n) is 4.88. The number of hydrogen-bond acceptors (Lipinski definition) is 7. The molecule has 0 heterocycles. The summed E-state index contributed by atoms with van der Waals surface area (Å²) < 4.78 is 16.3. The van der Waals surface area contributed by atoms with E-state index in [0.29, 0.717) is 10.5 Å². The third kappa shape index (κ3) is 8.84. The maximum absolute atomic E-state index is 14.1. The molecule has 0 bridgehead atoms. The van der Waals surface area contributed by atoms with Gasteiger partial charge < -0.3 is 14.2 Å². The first-order chi connectivity index (χ1) is 16.1. The summed E-state index contributed by atoms with van der Waals surface area (Å²) in [6.45, 7) is 18.3. The minimum absolute atomic E-state index is 0.326. The second kappa shape index (κ2) is 10.9. The van der Waals surface area contributed by atoms with Gasteiger partial charge in [-0.3, -0.25) is 9.69 Å². The summed E-state index contributed by atoms with van der Waals surface area (Å²) in [5, 5.41) is 0. The minimum Gasteiger partial charge on any atom is -0.444 e. The van der Waals surface area contributed by atoms with Gasteiger partial charge in [-0.25, -0.2) is 14.4 Å². The molecule has 0 saturated carbocycles. The lowest BCUT2D eigenvalue weighted by Crippen LogP contribution is -2.61. The fourth-order valence-electron chi connectivity index (χ4n) is 3.42. The standard InChI is InChI=1S/C27H42N2O7/c1-24(2,3)34-21(31)28(12)19(27(10,11)18-16-14-13-15-17-18)20(30)29(22(32)35-25(4,5)6)23(33)36-26(7,8)9/h13-17,19H,1-12H3/t19-/m1/s1. The van der Waals surface area contributed by atoms with Crippen molar-refractivity contribution >= 4 is 24.2 Å². The quantitative estimate of drug-likeness (QED) is 0.469. The maximum atomic E-state index is 14.1. The molecule has 1 aromatic carbocycles. The van der Waals surface area contributed by atoms with Crippen LogP contribution >= 0.6 is 0 Å². The Hall–Kier alpha value is -3.10. The Labute approximate surface area is 215 Å². The van der Waals surface area contributed by atoms with Crippen LogP contribution in [0.1, 0.15) is 81.7 Å². The van der Waals surface area contributed by atoms with Crippen molar-refractivity contribution in [1.82, 2.24) is 9.80 Å². The largest absolute Gasteiger partial charge is 0.444 e. The molecule has 9 heteroatoms. The van der Waals surface area contributed by atoms with Crippen LogP contribution in [0.15, 0.2) is 30.3 Å². The Balaban J connectivity index is 3.70. The van der Waals surface area contributed by atoms with Crippen LogP contribution in [0, 0.1) is 0 Å². The van der Waals surface area contributed by atoms with E-state index in [-0.39, 0.29) is 0 Å². The van der Waals surface area contributed by atoms with Crippen molar-refractivity contribution < 1.29 is 33.4 Å². The average molecular weight is 507 g/mol. The molecule has 0 spiro atoms. The number of rotatable bonds is 4. The number of carbonyl (C=O) groups is 4. The van der Waals surface area contributed by atoms with Crippen LogP contribution in [0.2, 0.25) is 0 Å². The molecule has 36 heavy (non-hydrogen) atoms. The number of imide groups is 3. The van der Waals surface area contributed by atoms with Crippen LogP contribution in [-0.4, -0.2) is 63.9 Å². The van der Waals surface area contributed by atoms with E-state index in [0.717, 1.165) is 4.90 Å². The summed E-state index contributed by atoms with van der Waals surface area (Å²) >= 11 is 0. The fourth-order valence-corrected chi connectivity index (χ4v) is 3.42. The smallest absolute Gasteiger partial charge is 0.426 e. The first-order valence-corrected chi connectivity index (χ1v) is 11.9. The van der Waals surface area contributed by atoms with Crippen LogP contribution < -0.4 is 0 Å². The number of ether oxygens (including phenoxy) is 3. The Kier molecular flexibility index (Phi) is 9.35. The SMILES string of the molecule is CN(C(=O)OC(C)(C)C)[C@H](C(=O)N(C(=O)OC(C)(C)C)C(=O)OC(C)(C)C)C(C)(C)c1ccccc1. The Morgan fingerprint density at radius 3 is 1.36 bits per heavy atom. The molecule has 1 rings (SSSR count). The summed E-state index contributed by atoms with van der Waals surface area (Å²) in [6.07, 6.45) is -3.19. The van der Waals surface area contributed by atoms with Gasteiger partial charge in [0, 0.05) is 12.5 Å². The normalized spacial score (nSPS) is 13.3. The number of amides is 4. The van der Waals surface area contributed by atoms with Crippen molar-refractivity contribution in [3.63, 3.8) is 0 Å². The van der Waals surface area contributed by atoms with Gasteiger partial charge in [-0.2, -0.15) is 0 Å². The highest BCUT2D eigenvalue weighted by Crippen LogP contribution is 2.33. The van der Waals surface area contributed by atoms with Crippen LogP contribution in [0.5, 0.6) is 0 Å². The number of likely N-dealkylation sites (N-methyl/N-ethyl adjacent to an activating group) is 1. The van der Waals surface area contributed by atoms with Gasteiger partial charge in [0.15, 0.2) is 0 Å². The van der Waals surface area contributed by atoms with Gasteiger partial charge in [0.2, 0.25) is 0 Å². The highest BCUT2D eigenvalue weighted by Gasteiger charge is 2.49. The van der Waals surface area contributed by atoms with Gasteiger partial charge >= 0.3 is 18.3 Å². The fraction of sp³-hybridized carbons (Fsp3) is 0.630. The molecule has 0 unspecified atom stereocenters.